The molecule has 4 saturated carbocycles. The number of esters is 2. The highest BCUT2D eigenvalue weighted by Crippen LogP contribution is 2.64. The van der Waals surface area contributed by atoms with Crippen molar-refractivity contribution < 1.29 is 28.6 Å². The third kappa shape index (κ3) is 3.96. The second-order valence-electron chi connectivity index (χ2n) is 13.4. The van der Waals surface area contributed by atoms with Crippen LogP contribution in [-0.4, -0.2) is 54.5 Å². The van der Waals surface area contributed by atoms with Gasteiger partial charge in [0.25, 0.3) is 0 Å². The lowest BCUT2D eigenvalue weighted by atomic mass is 9.50. The number of benzene rings is 2. The van der Waals surface area contributed by atoms with Gasteiger partial charge in [0.05, 0.1) is 13.2 Å². The van der Waals surface area contributed by atoms with Gasteiger partial charge in [-0.15, -0.1) is 0 Å². The van der Waals surface area contributed by atoms with Crippen molar-refractivity contribution >= 4 is 17.7 Å². The second-order valence-corrected chi connectivity index (χ2v) is 13.4. The van der Waals surface area contributed by atoms with Crippen LogP contribution in [0.15, 0.2) is 60.7 Å². The summed E-state index contributed by atoms with van der Waals surface area (Å²) in [5, 5.41) is 0. The number of rotatable bonds is 7. The van der Waals surface area contributed by atoms with Gasteiger partial charge in [-0.25, -0.2) is 0 Å². The molecule has 6 aliphatic rings. The van der Waals surface area contributed by atoms with Gasteiger partial charge < -0.3 is 14.2 Å². The SMILES string of the molecule is CCOC(=O)[C@@]12CN(C34CC5CC(CC(C5)C3)C4)C[C@](C(=O)OCC)(C1=O)[C@H](c1ccccc1)O[C@@H]2c1ccccc1. The average Bonchev–Trinajstić information content (AvgIpc) is 2.98. The summed E-state index contributed by atoms with van der Waals surface area (Å²) in [5.41, 5.74) is -2.13. The van der Waals surface area contributed by atoms with E-state index in [1.807, 2.05) is 60.7 Å². The van der Waals surface area contributed by atoms with E-state index in [1.165, 1.54) is 19.3 Å². The minimum absolute atomic E-state index is 0.126. The molecule has 222 valence electrons. The van der Waals surface area contributed by atoms with E-state index in [0.29, 0.717) is 17.8 Å². The number of piperidine rings is 1. The zero-order valence-electron chi connectivity index (χ0n) is 24.6. The summed E-state index contributed by atoms with van der Waals surface area (Å²) in [6, 6.07) is 19.0. The Morgan fingerprint density at radius 2 is 1.14 bits per heavy atom. The zero-order valence-corrected chi connectivity index (χ0v) is 24.6. The van der Waals surface area contributed by atoms with Crippen molar-refractivity contribution in [1.82, 2.24) is 4.90 Å². The van der Waals surface area contributed by atoms with E-state index in [4.69, 9.17) is 14.2 Å². The lowest BCUT2D eigenvalue weighted by Crippen LogP contribution is -2.76. The second kappa shape index (κ2) is 10.3. The number of fused-ring (bicyclic) bond motifs is 2. The Hall–Kier alpha value is -3.03. The molecular formula is C35H41NO6. The first kappa shape index (κ1) is 27.8. The third-order valence-electron chi connectivity index (χ3n) is 11.0. The maximum absolute atomic E-state index is 15.3. The third-order valence-corrected chi connectivity index (χ3v) is 11.0. The zero-order chi connectivity index (χ0) is 29.1. The van der Waals surface area contributed by atoms with E-state index in [1.54, 1.807) is 13.8 Å². The Kier molecular flexibility index (Phi) is 6.82. The standard InChI is InChI=1S/C35H41NO6/c1-3-40-31(38)34-21-36(33-18-23-15-24(19-33)17-25(16-23)20-33)22-35(30(34)37,32(39)41-4-2)29(27-13-9-6-10-14-27)42-28(34)26-11-7-5-8-12-26/h5-14,23-25,28-29H,3-4,15-22H2,1-2H3/t23?,24?,25?,28-,29+,33?,34-,35-/m1/s1. The summed E-state index contributed by atoms with van der Waals surface area (Å²) < 4.78 is 18.5. The maximum Gasteiger partial charge on any atom is 0.324 e. The van der Waals surface area contributed by atoms with E-state index >= 15 is 4.79 Å². The molecule has 0 amide bonds. The highest BCUT2D eigenvalue weighted by molar-refractivity contribution is 6.17. The Morgan fingerprint density at radius 3 is 1.52 bits per heavy atom. The lowest BCUT2D eigenvalue weighted by molar-refractivity contribution is -0.246. The van der Waals surface area contributed by atoms with Crippen molar-refractivity contribution in [2.45, 2.75) is 70.1 Å². The van der Waals surface area contributed by atoms with Crippen molar-refractivity contribution in [2.24, 2.45) is 28.6 Å². The van der Waals surface area contributed by atoms with E-state index in [9.17, 15) is 9.59 Å². The monoisotopic (exact) mass is 571 g/mol. The number of likely N-dealkylation sites (tertiary alicyclic amines) is 1. The van der Waals surface area contributed by atoms with Gasteiger partial charge in [-0.3, -0.25) is 19.3 Å². The van der Waals surface area contributed by atoms with Crippen LogP contribution in [0.4, 0.5) is 0 Å². The number of hydrogen-bond acceptors (Lipinski definition) is 7. The van der Waals surface area contributed by atoms with Gasteiger partial charge in [-0.05, 0) is 81.3 Å². The maximum atomic E-state index is 15.3. The minimum Gasteiger partial charge on any atom is -0.465 e. The van der Waals surface area contributed by atoms with Gasteiger partial charge in [0.2, 0.25) is 0 Å². The quantitative estimate of drug-likeness (QED) is 0.323. The molecule has 0 N–H and O–H groups in total. The van der Waals surface area contributed by atoms with Gasteiger partial charge in [0.1, 0.15) is 12.2 Å². The molecule has 2 saturated heterocycles. The van der Waals surface area contributed by atoms with Gasteiger partial charge in [-0.2, -0.15) is 0 Å². The number of carbonyl (C=O) groups is 3. The summed E-state index contributed by atoms with van der Waals surface area (Å²) >= 11 is 0. The van der Waals surface area contributed by atoms with Crippen LogP contribution in [-0.2, 0) is 28.6 Å². The molecule has 0 radical (unpaired) electrons. The molecule has 4 atom stereocenters. The molecule has 6 fully saturated rings. The predicted molar refractivity (Wildman–Crippen MR) is 155 cm³/mol. The fourth-order valence-corrected chi connectivity index (χ4v) is 9.79. The highest BCUT2D eigenvalue weighted by atomic mass is 16.6. The molecule has 2 aliphatic heterocycles. The van der Waals surface area contributed by atoms with Crippen LogP contribution < -0.4 is 0 Å². The fourth-order valence-electron chi connectivity index (χ4n) is 9.79. The van der Waals surface area contributed by atoms with Crippen LogP contribution in [0.2, 0.25) is 0 Å². The first-order chi connectivity index (χ1) is 20.4. The molecule has 6 bridgehead atoms. The van der Waals surface area contributed by atoms with Gasteiger partial charge in [0.15, 0.2) is 16.6 Å². The number of carbonyl (C=O) groups excluding carboxylic acids is 3. The molecule has 8 rings (SSSR count). The summed E-state index contributed by atoms with van der Waals surface area (Å²) in [6.07, 6.45) is 5.07. The number of nitrogens with zero attached hydrogens (tertiary/aromatic N) is 1. The molecule has 0 spiro atoms. The Labute approximate surface area is 247 Å². The van der Waals surface area contributed by atoms with Crippen molar-refractivity contribution in [2.75, 3.05) is 26.3 Å². The van der Waals surface area contributed by atoms with E-state index in [0.717, 1.165) is 30.4 Å². The molecular weight excluding hydrogens is 530 g/mol. The molecule has 2 heterocycles. The summed E-state index contributed by atoms with van der Waals surface area (Å²) in [7, 11) is 0. The van der Waals surface area contributed by atoms with Crippen LogP contribution in [0.1, 0.15) is 75.7 Å². The fraction of sp³-hybridized carbons (Fsp3) is 0.571. The molecule has 0 unspecified atom stereocenters. The van der Waals surface area contributed by atoms with Gasteiger partial charge in [-0.1, -0.05) is 60.7 Å². The minimum atomic E-state index is -1.71. The van der Waals surface area contributed by atoms with Gasteiger partial charge in [0, 0.05) is 18.6 Å². The van der Waals surface area contributed by atoms with Crippen LogP contribution in [0.3, 0.4) is 0 Å². The number of Topliss-reactive ketones (excluding diaryl/α,β-unsaturated/α-hetero) is 1. The van der Waals surface area contributed by atoms with Gasteiger partial charge >= 0.3 is 11.9 Å². The van der Waals surface area contributed by atoms with Crippen LogP contribution in [0.25, 0.3) is 0 Å². The predicted octanol–water partition coefficient (Wildman–Crippen LogP) is 5.45. The average molecular weight is 572 g/mol. The molecule has 2 aromatic carbocycles. The number of ether oxygens (including phenoxy) is 3. The molecule has 42 heavy (non-hydrogen) atoms. The smallest absolute Gasteiger partial charge is 0.324 e. The topological polar surface area (TPSA) is 82.1 Å². The molecule has 7 heteroatoms. The molecule has 4 aliphatic carbocycles. The normalized spacial score (nSPS) is 38.7. The highest BCUT2D eigenvalue weighted by Gasteiger charge is 2.76. The first-order valence-corrected chi connectivity index (χ1v) is 15.8. The van der Waals surface area contributed by atoms with E-state index in [2.05, 4.69) is 4.90 Å². The molecule has 2 aromatic rings. The Bertz CT molecular complexity index is 1250. The number of ketones is 1. The summed E-state index contributed by atoms with van der Waals surface area (Å²) in [6.45, 7) is 4.12. The Balaban J connectivity index is 1.47. The summed E-state index contributed by atoms with van der Waals surface area (Å²) in [4.78, 5) is 46.4. The van der Waals surface area contributed by atoms with Crippen LogP contribution >= 0.6 is 0 Å². The van der Waals surface area contributed by atoms with E-state index in [-0.39, 0.29) is 31.8 Å². The van der Waals surface area contributed by atoms with Crippen LogP contribution in [0.5, 0.6) is 0 Å². The largest absolute Gasteiger partial charge is 0.465 e. The Morgan fingerprint density at radius 1 is 0.738 bits per heavy atom. The number of hydrogen-bond donors (Lipinski definition) is 0. The van der Waals surface area contributed by atoms with Crippen molar-refractivity contribution in [3.05, 3.63) is 71.8 Å². The van der Waals surface area contributed by atoms with Crippen molar-refractivity contribution in [1.29, 1.82) is 0 Å². The molecule has 7 nitrogen and oxygen atoms in total. The van der Waals surface area contributed by atoms with E-state index < -0.39 is 40.8 Å². The lowest BCUT2D eigenvalue weighted by Gasteiger charge is -2.66. The van der Waals surface area contributed by atoms with Crippen LogP contribution in [0, 0.1) is 28.6 Å². The molecule has 0 aromatic heterocycles. The first-order valence-electron chi connectivity index (χ1n) is 15.8. The van der Waals surface area contributed by atoms with Crippen molar-refractivity contribution in [3.63, 3.8) is 0 Å². The van der Waals surface area contributed by atoms with Crippen molar-refractivity contribution in [3.8, 4) is 0 Å². The summed E-state index contributed by atoms with van der Waals surface area (Å²) in [5.74, 6) is 0.296.